The molecule has 0 fully saturated rings. The van der Waals surface area contributed by atoms with E-state index >= 15 is 0 Å². The van der Waals surface area contributed by atoms with Crippen LogP contribution in [0.2, 0.25) is 0 Å². The number of esters is 3. The summed E-state index contributed by atoms with van der Waals surface area (Å²) in [6.07, 6.45) is 0.571. The van der Waals surface area contributed by atoms with Crippen LogP contribution in [0, 0.1) is 23.3 Å². The molecule has 4 N–H and O–H groups in total. The van der Waals surface area contributed by atoms with Crippen molar-refractivity contribution in [2.75, 3.05) is 19.8 Å². The van der Waals surface area contributed by atoms with Crippen molar-refractivity contribution in [3.63, 3.8) is 0 Å². The summed E-state index contributed by atoms with van der Waals surface area (Å²) in [6, 6.07) is 8.71. The van der Waals surface area contributed by atoms with Crippen molar-refractivity contribution < 1.29 is 80.8 Å². The summed E-state index contributed by atoms with van der Waals surface area (Å²) in [5, 5.41) is 13.3. The molecule has 0 saturated heterocycles. The molecule has 3 aromatic rings. The van der Waals surface area contributed by atoms with Crippen LogP contribution in [-0.2, 0) is 36.9 Å². The number of aromatic nitrogens is 2. The van der Waals surface area contributed by atoms with Gasteiger partial charge in [-0.15, -0.1) is 12.4 Å². The molecule has 1 heterocycles. The molecule has 0 aliphatic carbocycles. The molecule has 0 amide bonds. The maximum absolute atomic E-state index is 13.5. The van der Waals surface area contributed by atoms with Gasteiger partial charge in [-0.3, -0.25) is 21.2 Å². The molecule has 1 aromatic heterocycles. The first-order valence-electron chi connectivity index (χ1n) is 12.9. The Balaban J connectivity index is 0. The molecule has 2 aromatic carbocycles. The number of nitrogens with one attached hydrogen (secondary N) is 2. The van der Waals surface area contributed by atoms with Gasteiger partial charge in [0, 0.05) is 29.8 Å². The average molecular weight is 687 g/mol. The van der Waals surface area contributed by atoms with Crippen molar-refractivity contribution in [1.29, 1.82) is 0 Å². The summed E-state index contributed by atoms with van der Waals surface area (Å²) in [4.78, 5) is 44.4. The van der Waals surface area contributed by atoms with E-state index < -0.39 is 52.5 Å². The van der Waals surface area contributed by atoms with E-state index in [1.807, 2.05) is 0 Å². The molecule has 0 saturated carbocycles. The molecule has 0 spiro atoms. The van der Waals surface area contributed by atoms with Crippen molar-refractivity contribution >= 4 is 30.3 Å². The molecule has 0 atom stereocenters. The number of hydrogen-bond donors (Lipinski definition) is 3. The van der Waals surface area contributed by atoms with Crippen molar-refractivity contribution in [3.8, 4) is 0 Å². The first-order chi connectivity index (χ1) is 20.9. The molecule has 0 bridgehead atoms. The number of rotatable bonds is 10. The predicted octanol–water partition coefficient (Wildman–Crippen LogP) is -0.610. The first kappa shape index (κ1) is 44.5. The maximum atomic E-state index is 13.5. The number of carbonyl (C=O) groups excluding carboxylic acids is 3. The molecular formula is C28H32ClF4N4NaO8. The normalized spacial score (nSPS) is 10.0. The number of hydrazine groups is 1. The monoisotopic (exact) mass is 686 g/mol. The minimum atomic E-state index is -1.05. The van der Waals surface area contributed by atoms with Crippen LogP contribution in [-0.4, -0.2) is 47.5 Å². The largest absolute Gasteiger partial charge is 1.00 e. The zero-order valence-electron chi connectivity index (χ0n) is 25.4. The minimum Gasteiger partial charge on any atom is -0.867 e. The van der Waals surface area contributed by atoms with Gasteiger partial charge in [0.2, 0.25) is 0 Å². The Morgan fingerprint density at radius 3 is 1.96 bits per heavy atom. The third kappa shape index (κ3) is 15.1. The Morgan fingerprint density at radius 1 is 0.913 bits per heavy atom. The van der Waals surface area contributed by atoms with Crippen molar-refractivity contribution in [1.82, 2.24) is 15.2 Å². The number of ether oxygens (including phenoxy) is 3. The van der Waals surface area contributed by atoms with Gasteiger partial charge in [-0.1, -0.05) is 24.3 Å². The third-order valence-electron chi connectivity index (χ3n) is 4.98. The molecule has 12 nitrogen and oxygen atoms in total. The van der Waals surface area contributed by atoms with Crippen LogP contribution in [0.1, 0.15) is 42.4 Å². The standard InChI is InChI=1S/C13H12F2N2O3.C8H12O5.C7H8F2N2.ClH.Na/c1-2-20-13(19)10-6-11(18)17(16-10)7-8-4-3-5-9(14)12(8)15;1-3-12-7(10)5-6(9)8(11)13-4-2;8-6-3-1-2-5(4-11-10)7(6)9;;/h3-6,16H,2,7H2,1H3;5,9H,3-4H2,1-2H3;1-3,11H,4,10H2;1H;/q;;;;+1/p-1/b;6-5-;;;. The van der Waals surface area contributed by atoms with Gasteiger partial charge >= 0.3 is 47.5 Å². The van der Waals surface area contributed by atoms with E-state index in [1.54, 1.807) is 20.8 Å². The Morgan fingerprint density at radius 2 is 1.43 bits per heavy atom. The molecule has 0 aliphatic rings. The van der Waals surface area contributed by atoms with Gasteiger partial charge < -0.3 is 19.3 Å². The smallest absolute Gasteiger partial charge is 0.867 e. The number of carbonyl (C=O) groups is 3. The van der Waals surface area contributed by atoms with Gasteiger partial charge in [-0.05, 0) is 38.7 Å². The van der Waals surface area contributed by atoms with Crippen molar-refractivity contribution in [2.24, 2.45) is 5.84 Å². The van der Waals surface area contributed by atoms with E-state index in [4.69, 9.17) is 10.6 Å². The van der Waals surface area contributed by atoms with E-state index in [9.17, 15) is 41.8 Å². The second kappa shape index (κ2) is 23.6. The molecule has 0 unspecified atom stereocenters. The Kier molecular flexibility index (Phi) is 22.8. The van der Waals surface area contributed by atoms with E-state index in [2.05, 4.69) is 20.0 Å². The van der Waals surface area contributed by atoms with Crippen LogP contribution in [0.5, 0.6) is 0 Å². The number of hydrogen-bond acceptors (Lipinski definition) is 10. The SMILES string of the molecule is CCOC(=O)/C=C(\[O-])C(=O)OCC.CCOC(=O)c1cc(=O)n(Cc2cccc(F)c2F)[nH]1.Cl.NNCc1cccc(F)c1F.[Na+]. The zero-order valence-corrected chi connectivity index (χ0v) is 28.2. The maximum Gasteiger partial charge on any atom is 1.00 e. The van der Waals surface area contributed by atoms with Gasteiger partial charge in [-0.2, -0.15) is 0 Å². The fourth-order valence-electron chi connectivity index (χ4n) is 3.05. The molecule has 0 aliphatic heterocycles. The van der Waals surface area contributed by atoms with Crippen molar-refractivity contribution in [2.45, 2.75) is 33.9 Å². The summed E-state index contributed by atoms with van der Waals surface area (Å²) in [6.45, 7) is 5.15. The van der Waals surface area contributed by atoms with Gasteiger partial charge in [-0.25, -0.2) is 36.6 Å². The molecule has 18 heteroatoms. The summed E-state index contributed by atoms with van der Waals surface area (Å²) >= 11 is 0. The third-order valence-corrected chi connectivity index (χ3v) is 4.98. The summed E-state index contributed by atoms with van der Waals surface area (Å²) < 4.78 is 66.3. The Hall–Kier alpha value is -3.67. The Labute approximate surface area is 289 Å². The number of nitrogens with zero attached hydrogens (tertiary/aromatic N) is 1. The number of halogens is 5. The minimum absolute atomic E-state index is 0. The van der Waals surface area contributed by atoms with E-state index in [0.717, 1.165) is 22.9 Å². The quantitative estimate of drug-likeness (QED) is 0.0365. The first-order valence-corrected chi connectivity index (χ1v) is 12.9. The fraction of sp³-hybridized carbons (Fsp3) is 0.286. The number of nitrogens with two attached hydrogens (primary N) is 1. The zero-order chi connectivity index (χ0) is 33.2. The van der Waals surface area contributed by atoms with Crippen LogP contribution in [0.3, 0.4) is 0 Å². The second-order valence-electron chi connectivity index (χ2n) is 8.10. The van der Waals surface area contributed by atoms with E-state index in [-0.39, 0.29) is 91.7 Å². The summed E-state index contributed by atoms with van der Waals surface area (Å²) in [5.74, 6) is -2.32. The van der Waals surface area contributed by atoms with Gasteiger partial charge in [0.05, 0.1) is 26.4 Å². The second-order valence-corrected chi connectivity index (χ2v) is 8.10. The predicted molar refractivity (Wildman–Crippen MR) is 152 cm³/mol. The number of H-pyrrole nitrogens is 1. The van der Waals surface area contributed by atoms with Gasteiger partial charge in [0.1, 0.15) is 5.69 Å². The molecule has 46 heavy (non-hydrogen) atoms. The molecule has 248 valence electrons. The number of benzene rings is 2. The van der Waals surface area contributed by atoms with Crippen molar-refractivity contribution in [3.05, 3.63) is 105 Å². The van der Waals surface area contributed by atoms with Crippen LogP contribution >= 0.6 is 12.4 Å². The van der Waals surface area contributed by atoms with E-state index in [0.29, 0.717) is 6.08 Å². The average Bonchev–Trinajstić information content (AvgIpc) is 3.35. The van der Waals surface area contributed by atoms with Crippen LogP contribution in [0.4, 0.5) is 17.6 Å². The topological polar surface area (TPSA) is 178 Å². The van der Waals surface area contributed by atoms with Gasteiger partial charge in [0.15, 0.2) is 23.3 Å². The van der Waals surface area contributed by atoms with Crippen LogP contribution < -0.4 is 51.5 Å². The Bertz CT molecular complexity index is 1500. The molecule has 3 rings (SSSR count). The summed E-state index contributed by atoms with van der Waals surface area (Å²) in [5.41, 5.74) is 1.91. The number of aromatic amines is 1. The van der Waals surface area contributed by atoms with Crippen LogP contribution in [0.15, 0.2) is 59.1 Å². The summed E-state index contributed by atoms with van der Waals surface area (Å²) in [7, 11) is 0. The molecule has 0 radical (unpaired) electrons. The fourth-order valence-corrected chi connectivity index (χ4v) is 3.05. The van der Waals surface area contributed by atoms with Crippen LogP contribution in [0.25, 0.3) is 0 Å². The molecular weight excluding hydrogens is 655 g/mol. The van der Waals surface area contributed by atoms with Gasteiger partial charge in [0.25, 0.3) is 5.56 Å². The van der Waals surface area contributed by atoms with E-state index in [1.165, 1.54) is 24.3 Å².